The second-order valence-corrected chi connectivity index (χ2v) is 5.10. The van der Waals surface area contributed by atoms with Gasteiger partial charge < -0.3 is 10.6 Å². The molecule has 0 heterocycles. The molecule has 2 aromatic carbocycles. The molecule has 3 nitrogen and oxygen atoms in total. The van der Waals surface area contributed by atoms with Gasteiger partial charge in [-0.3, -0.25) is 4.79 Å². The molecule has 0 aliphatic rings. The van der Waals surface area contributed by atoms with E-state index in [0.29, 0.717) is 11.6 Å². The van der Waals surface area contributed by atoms with Crippen LogP contribution >= 0.6 is 11.6 Å². The van der Waals surface area contributed by atoms with Crippen molar-refractivity contribution in [1.29, 1.82) is 0 Å². The number of allylic oxidation sites excluding steroid dienone is 1. The number of carbonyl (C=O) groups is 1. The fourth-order valence-corrected chi connectivity index (χ4v) is 1.92. The van der Waals surface area contributed by atoms with E-state index < -0.39 is 0 Å². The first-order valence-corrected chi connectivity index (χ1v) is 7.04. The zero-order valence-electron chi connectivity index (χ0n) is 11.8. The summed E-state index contributed by atoms with van der Waals surface area (Å²) in [6.45, 7) is 2.56. The molecule has 2 N–H and O–H groups in total. The minimum absolute atomic E-state index is 0.171. The number of amides is 1. The highest BCUT2D eigenvalue weighted by Gasteiger charge is 2.00. The summed E-state index contributed by atoms with van der Waals surface area (Å²) in [5, 5.41) is 6.63. The van der Waals surface area contributed by atoms with Crippen molar-refractivity contribution in [3.05, 3.63) is 77.0 Å². The Kier molecular flexibility index (Phi) is 5.41. The molecule has 0 unspecified atom stereocenters. The van der Waals surface area contributed by atoms with Gasteiger partial charge in [0.1, 0.15) is 0 Å². The van der Waals surface area contributed by atoms with Gasteiger partial charge in [-0.15, -0.1) is 0 Å². The summed E-state index contributed by atoms with van der Waals surface area (Å²) >= 11 is 5.80. The first-order chi connectivity index (χ1) is 10.1. The standard InChI is InChI=1S/C17H17ClN2O/c1-13(19-12-14-5-3-2-4-6-14)11-17(21)20-16-9-7-15(18)8-10-16/h2-11,19H,12H2,1H3,(H,20,21)/b13-11-. The van der Waals surface area contributed by atoms with Crippen molar-refractivity contribution in [2.24, 2.45) is 0 Å². The number of benzene rings is 2. The number of hydrogen-bond donors (Lipinski definition) is 2. The summed E-state index contributed by atoms with van der Waals surface area (Å²) in [4.78, 5) is 11.9. The maximum atomic E-state index is 11.9. The lowest BCUT2D eigenvalue weighted by Crippen LogP contribution is -2.15. The summed E-state index contributed by atoms with van der Waals surface area (Å²) in [5.74, 6) is -0.171. The molecule has 0 aliphatic carbocycles. The minimum Gasteiger partial charge on any atom is -0.384 e. The Balaban J connectivity index is 1.86. The Morgan fingerprint density at radius 3 is 2.43 bits per heavy atom. The summed E-state index contributed by atoms with van der Waals surface area (Å²) in [6.07, 6.45) is 1.54. The van der Waals surface area contributed by atoms with Crippen molar-refractivity contribution in [3.8, 4) is 0 Å². The molecule has 2 aromatic rings. The van der Waals surface area contributed by atoms with Gasteiger partial charge in [0, 0.05) is 29.0 Å². The molecule has 0 spiro atoms. The van der Waals surface area contributed by atoms with Crippen molar-refractivity contribution >= 4 is 23.2 Å². The first kappa shape index (κ1) is 15.1. The monoisotopic (exact) mass is 300 g/mol. The average molecular weight is 301 g/mol. The molecule has 0 aliphatic heterocycles. The van der Waals surface area contributed by atoms with Crippen LogP contribution in [0.25, 0.3) is 0 Å². The predicted molar refractivity (Wildman–Crippen MR) is 87.1 cm³/mol. The highest BCUT2D eigenvalue weighted by Crippen LogP contribution is 2.13. The number of hydrogen-bond acceptors (Lipinski definition) is 2. The van der Waals surface area contributed by atoms with E-state index >= 15 is 0 Å². The van der Waals surface area contributed by atoms with Gasteiger partial charge in [0.25, 0.3) is 0 Å². The molecule has 0 aromatic heterocycles. The van der Waals surface area contributed by atoms with Crippen LogP contribution in [0.1, 0.15) is 12.5 Å². The van der Waals surface area contributed by atoms with Crippen molar-refractivity contribution in [2.45, 2.75) is 13.5 Å². The Labute approximate surface area is 129 Å². The second-order valence-electron chi connectivity index (χ2n) is 4.66. The van der Waals surface area contributed by atoms with Gasteiger partial charge in [-0.2, -0.15) is 0 Å². The topological polar surface area (TPSA) is 41.1 Å². The van der Waals surface area contributed by atoms with E-state index in [-0.39, 0.29) is 5.91 Å². The van der Waals surface area contributed by atoms with Crippen molar-refractivity contribution in [3.63, 3.8) is 0 Å². The van der Waals surface area contributed by atoms with E-state index in [1.54, 1.807) is 24.3 Å². The minimum atomic E-state index is -0.171. The van der Waals surface area contributed by atoms with Gasteiger partial charge in [-0.1, -0.05) is 41.9 Å². The lowest BCUT2D eigenvalue weighted by atomic mass is 10.2. The molecule has 1 amide bonds. The van der Waals surface area contributed by atoms with Gasteiger partial charge in [0.2, 0.25) is 5.91 Å². The van der Waals surface area contributed by atoms with Crippen LogP contribution in [0.4, 0.5) is 5.69 Å². The van der Waals surface area contributed by atoms with Crippen LogP contribution < -0.4 is 10.6 Å². The van der Waals surface area contributed by atoms with Crippen molar-refractivity contribution < 1.29 is 4.79 Å². The Morgan fingerprint density at radius 2 is 1.76 bits per heavy atom. The van der Waals surface area contributed by atoms with Crippen LogP contribution in [0.2, 0.25) is 5.02 Å². The van der Waals surface area contributed by atoms with Crippen LogP contribution in [-0.4, -0.2) is 5.91 Å². The molecular formula is C17H17ClN2O. The SMILES string of the molecule is C/C(=C/C(=O)Nc1ccc(Cl)cc1)NCc1ccccc1. The van der Waals surface area contributed by atoms with E-state index in [1.807, 2.05) is 37.3 Å². The smallest absolute Gasteiger partial charge is 0.250 e. The quantitative estimate of drug-likeness (QED) is 0.820. The third-order valence-corrected chi connectivity index (χ3v) is 3.13. The van der Waals surface area contributed by atoms with Gasteiger partial charge >= 0.3 is 0 Å². The molecule has 21 heavy (non-hydrogen) atoms. The highest BCUT2D eigenvalue weighted by molar-refractivity contribution is 6.30. The number of rotatable bonds is 5. The number of nitrogens with one attached hydrogen (secondary N) is 2. The Morgan fingerprint density at radius 1 is 1.10 bits per heavy atom. The molecule has 4 heteroatoms. The Bertz CT molecular complexity index is 621. The van der Waals surface area contributed by atoms with Crippen LogP contribution in [-0.2, 0) is 11.3 Å². The predicted octanol–water partition coefficient (Wildman–Crippen LogP) is 3.97. The van der Waals surface area contributed by atoms with Gasteiger partial charge in [0.05, 0.1) is 0 Å². The molecule has 0 atom stereocenters. The van der Waals surface area contributed by atoms with Gasteiger partial charge in [-0.25, -0.2) is 0 Å². The highest BCUT2D eigenvalue weighted by atomic mass is 35.5. The summed E-state index contributed by atoms with van der Waals surface area (Å²) in [7, 11) is 0. The summed E-state index contributed by atoms with van der Waals surface area (Å²) in [5.41, 5.74) is 2.70. The fourth-order valence-electron chi connectivity index (χ4n) is 1.80. The van der Waals surface area contributed by atoms with E-state index in [1.165, 1.54) is 11.6 Å². The van der Waals surface area contributed by atoms with Crippen molar-refractivity contribution in [2.75, 3.05) is 5.32 Å². The van der Waals surface area contributed by atoms with E-state index in [2.05, 4.69) is 10.6 Å². The number of carbonyl (C=O) groups excluding carboxylic acids is 1. The third kappa shape index (κ3) is 5.32. The van der Waals surface area contributed by atoms with Crippen LogP contribution in [0.5, 0.6) is 0 Å². The lowest BCUT2D eigenvalue weighted by Gasteiger charge is -2.07. The van der Waals surface area contributed by atoms with Crippen LogP contribution in [0, 0.1) is 0 Å². The molecule has 0 radical (unpaired) electrons. The van der Waals surface area contributed by atoms with Gasteiger partial charge in [-0.05, 0) is 36.8 Å². The number of halogens is 1. The average Bonchev–Trinajstić information content (AvgIpc) is 2.48. The molecule has 108 valence electrons. The van der Waals surface area contributed by atoms with Crippen LogP contribution in [0.3, 0.4) is 0 Å². The molecular weight excluding hydrogens is 284 g/mol. The fraction of sp³-hybridized carbons (Fsp3) is 0.118. The maximum absolute atomic E-state index is 11.9. The largest absolute Gasteiger partial charge is 0.384 e. The second kappa shape index (κ2) is 7.50. The maximum Gasteiger partial charge on any atom is 0.250 e. The lowest BCUT2D eigenvalue weighted by molar-refractivity contribution is -0.112. The van der Waals surface area contributed by atoms with E-state index in [4.69, 9.17) is 11.6 Å². The zero-order valence-corrected chi connectivity index (χ0v) is 12.5. The third-order valence-electron chi connectivity index (χ3n) is 2.87. The molecule has 0 saturated heterocycles. The van der Waals surface area contributed by atoms with E-state index in [9.17, 15) is 4.79 Å². The van der Waals surface area contributed by atoms with Gasteiger partial charge in [0.15, 0.2) is 0 Å². The number of anilines is 1. The molecule has 2 rings (SSSR count). The zero-order chi connectivity index (χ0) is 15.1. The molecule has 0 bridgehead atoms. The Hall–Kier alpha value is -2.26. The summed E-state index contributed by atoms with van der Waals surface area (Å²) < 4.78 is 0. The molecule has 0 fully saturated rings. The molecule has 0 saturated carbocycles. The first-order valence-electron chi connectivity index (χ1n) is 6.66. The van der Waals surface area contributed by atoms with E-state index in [0.717, 1.165) is 11.4 Å². The summed E-state index contributed by atoms with van der Waals surface area (Å²) in [6, 6.07) is 17.0. The normalized spacial score (nSPS) is 11.0. The van der Waals surface area contributed by atoms with Crippen LogP contribution in [0.15, 0.2) is 66.4 Å². The van der Waals surface area contributed by atoms with Crippen molar-refractivity contribution in [1.82, 2.24) is 5.32 Å².